The van der Waals surface area contributed by atoms with Crippen LogP contribution in [0.25, 0.3) is 0 Å². The van der Waals surface area contributed by atoms with Crippen molar-refractivity contribution in [2.45, 2.75) is 19.9 Å². The zero-order valence-electron chi connectivity index (χ0n) is 11.6. The van der Waals surface area contributed by atoms with Gasteiger partial charge in [-0.1, -0.05) is 18.3 Å². The summed E-state index contributed by atoms with van der Waals surface area (Å²) in [5.41, 5.74) is 6.05. The van der Waals surface area contributed by atoms with Gasteiger partial charge in [-0.15, -0.1) is 0 Å². The molecule has 1 aromatic rings. The topological polar surface area (TPSA) is 64.8 Å². The monoisotopic (exact) mass is 294 g/mol. The zero-order valence-corrected chi connectivity index (χ0v) is 12.4. The van der Waals surface area contributed by atoms with E-state index in [0.29, 0.717) is 30.3 Å². The first-order valence-corrected chi connectivity index (χ1v) is 6.89. The lowest BCUT2D eigenvalue weighted by atomic mass is 10.1. The van der Waals surface area contributed by atoms with Gasteiger partial charge in [0.05, 0.1) is 17.1 Å². The van der Waals surface area contributed by atoms with Crippen molar-refractivity contribution in [3.8, 4) is 11.5 Å². The maximum atomic E-state index is 12.7. The second-order valence-electron chi connectivity index (χ2n) is 4.82. The molecule has 0 unspecified atom stereocenters. The molecule has 0 spiro atoms. The number of amides is 1. The summed E-state index contributed by atoms with van der Waals surface area (Å²) in [6, 6.07) is 5.29. The summed E-state index contributed by atoms with van der Waals surface area (Å²) in [5.74, 6) is 0.939. The lowest BCUT2D eigenvalue weighted by Gasteiger charge is -2.28. The van der Waals surface area contributed by atoms with Crippen LogP contribution >= 0.6 is 12.2 Å². The number of ether oxygens (including phenoxy) is 2. The molecule has 1 aromatic carbocycles. The van der Waals surface area contributed by atoms with E-state index in [0.717, 1.165) is 0 Å². The van der Waals surface area contributed by atoms with Crippen molar-refractivity contribution in [1.82, 2.24) is 4.90 Å². The number of para-hydroxylation sites is 1. The summed E-state index contributed by atoms with van der Waals surface area (Å²) in [6.07, 6.45) is 0. The van der Waals surface area contributed by atoms with Gasteiger partial charge >= 0.3 is 0 Å². The highest BCUT2D eigenvalue weighted by atomic mass is 32.1. The number of carbonyl (C=O) groups is 1. The minimum Gasteiger partial charge on any atom is -0.486 e. The molecule has 2 rings (SSSR count). The van der Waals surface area contributed by atoms with Crippen LogP contribution in [0.2, 0.25) is 0 Å². The van der Waals surface area contributed by atoms with Crippen molar-refractivity contribution in [3.63, 3.8) is 0 Å². The van der Waals surface area contributed by atoms with Gasteiger partial charge in [-0.2, -0.15) is 0 Å². The lowest BCUT2D eigenvalue weighted by Crippen LogP contribution is -2.42. The Morgan fingerprint density at radius 1 is 1.40 bits per heavy atom. The van der Waals surface area contributed by atoms with Gasteiger partial charge in [0.15, 0.2) is 11.5 Å². The van der Waals surface area contributed by atoms with Crippen molar-refractivity contribution in [2.24, 2.45) is 5.73 Å². The van der Waals surface area contributed by atoms with Crippen molar-refractivity contribution in [2.75, 3.05) is 19.8 Å². The smallest absolute Gasteiger partial charge is 0.258 e. The Labute approximate surface area is 123 Å². The molecule has 0 radical (unpaired) electrons. The molecule has 20 heavy (non-hydrogen) atoms. The molecule has 1 heterocycles. The SMILES string of the molecule is CC(C)N(CC(N)=S)C(=O)c1cccc2c1OCCO2. The van der Waals surface area contributed by atoms with Gasteiger partial charge in [0.1, 0.15) is 13.2 Å². The summed E-state index contributed by atoms with van der Waals surface area (Å²) in [6.45, 7) is 5.02. The second-order valence-corrected chi connectivity index (χ2v) is 5.35. The third-order valence-corrected chi connectivity index (χ3v) is 3.14. The van der Waals surface area contributed by atoms with Gasteiger partial charge in [0.2, 0.25) is 0 Å². The van der Waals surface area contributed by atoms with Crippen molar-refractivity contribution >= 4 is 23.1 Å². The first-order valence-electron chi connectivity index (χ1n) is 6.48. The van der Waals surface area contributed by atoms with Gasteiger partial charge < -0.3 is 20.1 Å². The fraction of sp³-hybridized carbons (Fsp3) is 0.429. The van der Waals surface area contributed by atoms with Gasteiger partial charge in [-0.05, 0) is 26.0 Å². The van der Waals surface area contributed by atoms with Crippen LogP contribution in [0.15, 0.2) is 18.2 Å². The van der Waals surface area contributed by atoms with Crippen LogP contribution in [0, 0.1) is 0 Å². The van der Waals surface area contributed by atoms with E-state index in [2.05, 4.69) is 0 Å². The van der Waals surface area contributed by atoms with Gasteiger partial charge in [-0.25, -0.2) is 0 Å². The highest BCUT2D eigenvalue weighted by Crippen LogP contribution is 2.34. The standard InChI is InChI=1S/C14H18N2O3S/c1-9(2)16(8-12(15)20)14(17)10-4-3-5-11-13(10)19-7-6-18-11/h3-5,9H,6-8H2,1-2H3,(H2,15,20). The average molecular weight is 294 g/mol. The summed E-state index contributed by atoms with van der Waals surface area (Å²) in [7, 11) is 0. The number of nitrogens with zero attached hydrogens (tertiary/aromatic N) is 1. The van der Waals surface area contributed by atoms with E-state index in [-0.39, 0.29) is 23.5 Å². The van der Waals surface area contributed by atoms with Crippen LogP contribution in [0.5, 0.6) is 11.5 Å². The molecule has 1 aliphatic rings. The van der Waals surface area contributed by atoms with E-state index >= 15 is 0 Å². The highest BCUT2D eigenvalue weighted by molar-refractivity contribution is 7.80. The Kier molecular flexibility index (Phi) is 4.44. The molecular weight excluding hydrogens is 276 g/mol. The van der Waals surface area contributed by atoms with Crippen LogP contribution in [0.4, 0.5) is 0 Å². The number of thiocarbonyl (C=S) groups is 1. The average Bonchev–Trinajstić information content (AvgIpc) is 2.43. The van der Waals surface area contributed by atoms with Crippen LogP contribution in [-0.4, -0.2) is 41.6 Å². The quantitative estimate of drug-likeness (QED) is 0.854. The predicted octanol–water partition coefficient (Wildman–Crippen LogP) is 1.59. The fourth-order valence-electron chi connectivity index (χ4n) is 2.05. The normalized spacial score (nSPS) is 13.2. The number of fused-ring (bicyclic) bond motifs is 1. The first kappa shape index (κ1) is 14.6. The Balaban J connectivity index is 2.34. The molecule has 2 N–H and O–H groups in total. The Hall–Kier alpha value is -1.82. The molecular formula is C14H18N2O3S. The molecule has 0 atom stereocenters. The summed E-state index contributed by atoms with van der Waals surface area (Å²) >= 11 is 4.91. The summed E-state index contributed by atoms with van der Waals surface area (Å²) in [5, 5.41) is 0. The van der Waals surface area contributed by atoms with E-state index in [1.54, 1.807) is 23.1 Å². The zero-order chi connectivity index (χ0) is 14.7. The van der Waals surface area contributed by atoms with E-state index in [4.69, 9.17) is 27.4 Å². The molecule has 0 saturated heterocycles. The largest absolute Gasteiger partial charge is 0.486 e. The second kappa shape index (κ2) is 6.09. The Bertz CT molecular complexity index is 531. The first-order chi connectivity index (χ1) is 9.50. The van der Waals surface area contributed by atoms with Gasteiger partial charge in [0.25, 0.3) is 5.91 Å². The number of rotatable bonds is 4. The van der Waals surface area contributed by atoms with Crippen LogP contribution < -0.4 is 15.2 Å². The van der Waals surface area contributed by atoms with Crippen molar-refractivity contribution in [3.05, 3.63) is 23.8 Å². The van der Waals surface area contributed by atoms with Gasteiger partial charge in [0, 0.05) is 6.04 Å². The summed E-state index contributed by atoms with van der Waals surface area (Å²) in [4.78, 5) is 14.6. The molecule has 0 aromatic heterocycles. The predicted molar refractivity (Wildman–Crippen MR) is 80.4 cm³/mol. The number of hydrogen-bond acceptors (Lipinski definition) is 4. The lowest BCUT2D eigenvalue weighted by molar-refractivity contribution is 0.0725. The van der Waals surface area contributed by atoms with E-state index in [1.807, 2.05) is 13.8 Å². The van der Waals surface area contributed by atoms with Gasteiger partial charge in [-0.3, -0.25) is 4.79 Å². The van der Waals surface area contributed by atoms with Crippen molar-refractivity contribution in [1.29, 1.82) is 0 Å². The van der Waals surface area contributed by atoms with E-state index in [9.17, 15) is 4.79 Å². The Morgan fingerprint density at radius 3 is 2.75 bits per heavy atom. The minimum absolute atomic E-state index is 0.00985. The van der Waals surface area contributed by atoms with Crippen LogP contribution in [-0.2, 0) is 0 Å². The molecule has 0 aliphatic carbocycles. The Morgan fingerprint density at radius 2 is 2.10 bits per heavy atom. The van der Waals surface area contributed by atoms with E-state index < -0.39 is 0 Å². The number of benzene rings is 1. The fourth-order valence-corrected chi connectivity index (χ4v) is 2.19. The van der Waals surface area contributed by atoms with Crippen molar-refractivity contribution < 1.29 is 14.3 Å². The molecule has 1 aliphatic heterocycles. The highest BCUT2D eigenvalue weighted by Gasteiger charge is 2.26. The molecule has 5 nitrogen and oxygen atoms in total. The third-order valence-electron chi connectivity index (χ3n) is 3.01. The van der Waals surface area contributed by atoms with Crippen LogP contribution in [0.1, 0.15) is 24.2 Å². The third kappa shape index (κ3) is 3.01. The maximum Gasteiger partial charge on any atom is 0.258 e. The molecule has 108 valence electrons. The number of carbonyl (C=O) groups excluding carboxylic acids is 1. The minimum atomic E-state index is -0.157. The maximum absolute atomic E-state index is 12.7. The summed E-state index contributed by atoms with van der Waals surface area (Å²) < 4.78 is 11.1. The molecule has 0 bridgehead atoms. The van der Waals surface area contributed by atoms with E-state index in [1.165, 1.54) is 0 Å². The number of hydrogen-bond donors (Lipinski definition) is 1. The molecule has 0 saturated carbocycles. The van der Waals surface area contributed by atoms with Crippen LogP contribution in [0.3, 0.4) is 0 Å². The molecule has 0 fully saturated rings. The molecule has 6 heteroatoms. The molecule has 1 amide bonds. The number of nitrogens with two attached hydrogens (primary N) is 1.